The molecule has 0 aliphatic heterocycles. The SMILES string of the molecule is CCCCn1c(Cl)c(C=O)c2cc(Cl)ccc21. The van der Waals surface area contributed by atoms with Gasteiger partial charge in [-0.1, -0.05) is 36.5 Å². The van der Waals surface area contributed by atoms with Gasteiger partial charge in [-0.2, -0.15) is 0 Å². The minimum atomic E-state index is 0.505. The number of unbranched alkanes of at least 4 members (excludes halogenated alkanes) is 1. The number of benzene rings is 1. The first-order chi connectivity index (χ1) is 8.19. The molecule has 0 spiro atoms. The van der Waals surface area contributed by atoms with Crippen molar-refractivity contribution in [2.75, 3.05) is 0 Å². The topological polar surface area (TPSA) is 22.0 Å². The van der Waals surface area contributed by atoms with Crippen LogP contribution in [0.3, 0.4) is 0 Å². The predicted octanol–water partition coefficient (Wildman–Crippen LogP) is 4.56. The summed E-state index contributed by atoms with van der Waals surface area (Å²) in [5.74, 6) is 0. The zero-order chi connectivity index (χ0) is 12.4. The third-order valence-electron chi connectivity index (χ3n) is 2.85. The highest BCUT2D eigenvalue weighted by Crippen LogP contribution is 2.31. The van der Waals surface area contributed by atoms with E-state index in [9.17, 15) is 4.79 Å². The second-order valence-corrected chi connectivity index (χ2v) is 4.78. The van der Waals surface area contributed by atoms with Crippen LogP contribution in [0, 0.1) is 0 Å². The Kier molecular flexibility index (Phi) is 3.75. The van der Waals surface area contributed by atoms with Gasteiger partial charge in [0.2, 0.25) is 0 Å². The van der Waals surface area contributed by atoms with Gasteiger partial charge in [-0.25, -0.2) is 0 Å². The molecule has 1 aromatic heterocycles. The van der Waals surface area contributed by atoms with Crippen molar-refractivity contribution in [2.45, 2.75) is 26.3 Å². The lowest BCUT2D eigenvalue weighted by molar-refractivity contribution is 0.112. The summed E-state index contributed by atoms with van der Waals surface area (Å²) in [6.45, 7) is 2.94. The monoisotopic (exact) mass is 269 g/mol. The summed E-state index contributed by atoms with van der Waals surface area (Å²) >= 11 is 12.2. The van der Waals surface area contributed by atoms with Gasteiger partial charge in [0.1, 0.15) is 5.15 Å². The molecule has 0 amide bonds. The first kappa shape index (κ1) is 12.5. The van der Waals surface area contributed by atoms with Gasteiger partial charge in [0, 0.05) is 17.0 Å². The number of aryl methyl sites for hydroxylation is 1. The molecule has 0 bridgehead atoms. The van der Waals surface area contributed by atoms with E-state index in [0.717, 1.165) is 36.6 Å². The molecule has 17 heavy (non-hydrogen) atoms. The van der Waals surface area contributed by atoms with Crippen LogP contribution < -0.4 is 0 Å². The molecule has 0 atom stereocenters. The van der Waals surface area contributed by atoms with Crippen LogP contribution in [0.2, 0.25) is 10.2 Å². The highest BCUT2D eigenvalue weighted by Gasteiger charge is 2.14. The van der Waals surface area contributed by atoms with Crippen LogP contribution in [0.4, 0.5) is 0 Å². The molecule has 4 heteroatoms. The molecule has 90 valence electrons. The molecule has 0 aliphatic rings. The maximum atomic E-state index is 11.1. The Morgan fingerprint density at radius 2 is 2.12 bits per heavy atom. The Morgan fingerprint density at radius 1 is 1.35 bits per heavy atom. The van der Waals surface area contributed by atoms with Crippen molar-refractivity contribution in [3.05, 3.63) is 33.9 Å². The van der Waals surface area contributed by atoms with Crippen molar-refractivity contribution in [2.24, 2.45) is 0 Å². The summed E-state index contributed by atoms with van der Waals surface area (Å²) in [4.78, 5) is 11.1. The molecule has 2 rings (SSSR count). The van der Waals surface area contributed by atoms with Crippen molar-refractivity contribution >= 4 is 40.4 Å². The molecule has 1 aromatic carbocycles. The Balaban J connectivity index is 2.66. The molecular formula is C13H13Cl2NO. The van der Waals surface area contributed by atoms with Crippen LogP contribution in [-0.2, 0) is 6.54 Å². The van der Waals surface area contributed by atoms with Crippen molar-refractivity contribution < 1.29 is 4.79 Å². The zero-order valence-corrected chi connectivity index (χ0v) is 11.1. The fourth-order valence-electron chi connectivity index (χ4n) is 1.97. The van der Waals surface area contributed by atoms with Gasteiger partial charge in [-0.3, -0.25) is 4.79 Å². The number of rotatable bonds is 4. The molecule has 0 fully saturated rings. The molecule has 2 aromatic rings. The van der Waals surface area contributed by atoms with Gasteiger partial charge in [0.15, 0.2) is 6.29 Å². The number of halogens is 2. The summed E-state index contributed by atoms with van der Waals surface area (Å²) in [5.41, 5.74) is 1.50. The fourth-order valence-corrected chi connectivity index (χ4v) is 2.46. The summed E-state index contributed by atoms with van der Waals surface area (Å²) in [7, 11) is 0. The highest BCUT2D eigenvalue weighted by atomic mass is 35.5. The van der Waals surface area contributed by atoms with Crippen LogP contribution in [0.1, 0.15) is 30.1 Å². The van der Waals surface area contributed by atoms with E-state index in [-0.39, 0.29) is 0 Å². The van der Waals surface area contributed by atoms with Gasteiger partial charge < -0.3 is 4.57 Å². The number of hydrogen-bond acceptors (Lipinski definition) is 1. The normalized spacial score (nSPS) is 11.0. The lowest BCUT2D eigenvalue weighted by Gasteiger charge is -2.05. The Bertz CT molecular complexity index is 560. The highest BCUT2D eigenvalue weighted by molar-refractivity contribution is 6.35. The lowest BCUT2D eigenvalue weighted by atomic mass is 10.2. The van der Waals surface area contributed by atoms with Gasteiger partial charge >= 0.3 is 0 Å². The average Bonchev–Trinajstić information content (AvgIpc) is 2.57. The minimum absolute atomic E-state index is 0.505. The summed E-state index contributed by atoms with van der Waals surface area (Å²) in [5, 5.41) is 1.95. The molecule has 0 unspecified atom stereocenters. The largest absolute Gasteiger partial charge is 0.331 e. The summed E-state index contributed by atoms with van der Waals surface area (Å²) < 4.78 is 1.97. The van der Waals surface area contributed by atoms with E-state index in [1.807, 2.05) is 16.7 Å². The molecule has 0 saturated heterocycles. The second kappa shape index (κ2) is 5.11. The number of hydrogen-bond donors (Lipinski definition) is 0. The Hall–Kier alpha value is -0.990. The lowest BCUT2D eigenvalue weighted by Crippen LogP contribution is -1.97. The standard InChI is InChI=1S/C13H13Cl2NO/c1-2-3-6-16-12-5-4-9(14)7-10(12)11(8-17)13(16)15/h4-5,7-8H,2-3,6H2,1H3. The quantitative estimate of drug-likeness (QED) is 0.746. The molecule has 0 aliphatic carbocycles. The fraction of sp³-hybridized carbons (Fsp3) is 0.308. The zero-order valence-electron chi connectivity index (χ0n) is 9.54. The number of carbonyl (C=O) groups is 1. The molecule has 0 N–H and O–H groups in total. The maximum absolute atomic E-state index is 11.1. The van der Waals surface area contributed by atoms with E-state index in [1.165, 1.54) is 0 Å². The maximum Gasteiger partial charge on any atom is 0.153 e. The molecule has 2 nitrogen and oxygen atoms in total. The van der Waals surface area contributed by atoms with E-state index >= 15 is 0 Å². The number of carbonyl (C=O) groups excluding carboxylic acids is 1. The van der Waals surface area contributed by atoms with Gasteiger partial charge in [0.25, 0.3) is 0 Å². The van der Waals surface area contributed by atoms with Crippen molar-refractivity contribution in [3.8, 4) is 0 Å². The number of aromatic nitrogens is 1. The van der Waals surface area contributed by atoms with Crippen LogP contribution in [0.5, 0.6) is 0 Å². The number of aldehydes is 1. The molecule has 1 heterocycles. The Labute approximate surface area is 110 Å². The minimum Gasteiger partial charge on any atom is -0.331 e. The Morgan fingerprint density at radius 3 is 2.76 bits per heavy atom. The van der Waals surface area contributed by atoms with Crippen molar-refractivity contribution in [1.29, 1.82) is 0 Å². The van der Waals surface area contributed by atoms with E-state index in [4.69, 9.17) is 23.2 Å². The second-order valence-electron chi connectivity index (χ2n) is 3.99. The summed E-state index contributed by atoms with van der Waals surface area (Å²) in [6.07, 6.45) is 2.91. The van der Waals surface area contributed by atoms with Crippen molar-refractivity contribution in [1.82, 2.24) is 4.57 Å². The first-order valence-electron chi connectivity index (χ1n) is 5.61. The van der Waals surface area contributed by atoms with E-state index < -0.39 is 0 Å². The van der Waals surface area contributed by atoms with E-state index in [1.54, 1.807) is 6.07 Å². The number of nitrogens with zero attached hydrogens (tertiary/aromatic N) is 1. The van der Waals surface area contributed by atoms with Crippen LogP contribution in [-0.4, -0.2) is 10.9 Å². The van der Waals surface area contributed by atoms with Crippen molar-refractivity contribution in [3.63, 3.8) is 0 Å². The van der Waals surface area contributed by atoms with E-state index in [0.29, 0.717) is 15.7 Å². The molecule has 0 radical (unpaired) electrons. The summed E-state index contributed by atoms with van der Waals surface area (Å²) in [6, 6.07) is 5.51. The van der Waals surface area contributed by atoms with Gasteiger partial charge in [0.05, 0.1) is 11.1 Å². The third-order valence-corrected chi connectivity index (χ3v) is 3.49. The van der Waals surface area contributed by atoms with Gasteiger partial charge in [-0.05, 0) is 24.6 Å². The van der Waals surface area contributed by atoms with Gasteiger partial charge in [-0.15, -0.1) is 0 Å². The van der Waals surface area contributed by atoms with Crippen LogP contribution in [0.15, 0.2) is 18.2 Å². The molecular weight excluding hydrogens is 257 g/mol. The smallest absolute Gasteiger partial charge is 0.153 e. The van der Waals surface area contributed by atoms with Crippen LogP contribution in [0.25, 0.3) is 10.9 Å². The predicted molar refractivity (Wildman–Crippen MR) is 72.3 cm³/mol. The van der Waals surface area contributed by atoms with Crippen LogP contribution >= 0.6 is 23.2 Å². The average molecular weight is 270 g/mol. The first-order valence-corrected chi connectivity index (χ1v) is 6.37. The van der Waals surface area contributed by atoms with E-state index in [2.05, 4.69) is 6.92 Å². The molecule has 0 saturated carbocycles. The third kappa shape index (κ3) is 2.20. The number of fused-ring (bicyclic) bond motifs is 1.